The molecular weight excluding hydrogens is 156 g/mol. The Morgan fingerprint density at radius 1 is 0.692 bits per heavy atom. The molecule has 0 aliphatic carbocycles. The fraction of sp³-hybridized carbons (Fsp3) is 1.00. The minimum absolute atomic E-state index is 0.851. The first-order valence-electron chi connectivity index (χ1n) is 6.08. The third-order valence-electron chi connectivity index (χ3n) is 3.72. The Kier molecular flexibility index (Phi) is 6.45. The Morgan fingerprint density at radius 2 is 1.15 bits per heavy atom. The Labute approximate surface area is 85.1 Å². The van der Waals surface area contributed by atoms with Gasteiger partial charge in [-0.1, -0.05) is 60.8 Å². The summed E-state index contributed by atoms with van der Waals surface area (Å²) in [6.07, 6.45) is 4.04. The lowest BCUT2D eigenvalue weighted by atomic mass is 9.73. The summed E-state index contributed by atoms with van der Waals surface area (Å²) in [6.45, 7) is 14.2. The third-order valence-corrected chi connectivity index (χ3v) is 3.72. The molecule has 0 N–H and O–H groups in total. The predicted molar refractivity (Wildman–Crippen MR) is 61.9 cm³/mol. The van der Waals surface area contributed by atoms with E-state index in [1.165, 1.54) is 19.3 Å². The zero-order valence-corrected chi connectivity index (χ0v) is 10.4. The molecule has 0 fully saturated rings. The molecule has 0 aromatic carbocycles. The van der Waals surface area contributed by atoms with Crippen LogP contribution >= 0.6 is 0 Å². The van der Waals surface area contributed by atoms with Crippen LogP contribution in [0.25, 0.3) is 0 Å². The third kappa shape index (κ3) is 3.70. The molecule has 0 radical (unpaired) electrons. The van der Waals surface area contributed by atoms with Gasteiger partial charge in [-0.3, -0.25) is 0 Å². The summed E-state index contributed by atoms with van der Waals surface area (Å²) in [7, 11) is 0. The lowest BCUT2D eigenvalue weighted by Gasteiger charge is -2.32. The zero-order valence-electron chi connectivity index (χ0n) is 10.4. The Bertz CT molecular complexity index is 115. The SMILES string of the molecule is CCC(C)C(CC)C(CC)C(C)C. The maximum atomic E-state index is 2.42. The zero-order chi connectivity index (χ0) is 10.4. The maximum Gasteiger partial charge on any atom is -0.0360 e. The van der Waals surface area contributed by atoms with E-state index in [2.05, 4.69) is 41.5 Å². The van der Waals surface area contributed by atoms with Gasteiger partial charge in [-0.05, 0) is 23.7 Å². The average Bonchev–Trinajstić information content (AvgIpc) is 2.12. The van der Waals surface area contributed by atoms with Gasteiger partial charge in [0.2, 0.25) is 0 Å². The van der Waals surface area contributed by atoms with Crippen molar-refractivity contribution >= 4 is 0 Å². The molecule has 0 amide bonds. The molecule has 3 unspecified atom stereocenters. The van der Waals surface area contributed by atoms with Gasteiger partial charge in [0.1, 0.15) is 0 Å². The normalized spacial score (nSPS) is 18.7. The molecular formula is C13H28. The van der Waals surface area contributed by atoms with Crippen LogP contribution in [0.15, 0.2) is 0 Å². The second-order valence-corrected chi connectivity index (χ2v) is 4.77. The van der Waals surface area contributed by atoms with Crippen LogP contribution in [-0.2, 0) is 0 Å². The molecule has 0 nitrogen and oxygen atoms in total. The number of rotatable bonds is 6. The van der Waals surface area contributed by atoms with Crippen molar-refractivity contribution in [2.45, 2.75) is 60.8 Å². The van der Waals surface area contributed by atoms with Crippen molar-refractivity contribution in [3.05, 3.63) is 0 Å². The minimum atomic E-state index is 0.851. The molecule has 0 saturated heterocycles. The van der Waals surface area contributed by atoms with E-state index in [1.54, 1.807) is 0 Å². The summed E-state index contributed by atoms with van der Waals surface area (Å²) in [6, 6.07) is 0. The fourth-order valence-corrected chi connectivity index (χ4v) is 2.70. The highest BCUT2D eigenvalue weighted by molar-refractivity contribution is 4.74. The molecule has 0 aliphatic rings. The number of hydrogen-bond acceptors (Lipinski definition) is 0. The smallest absolute Gasteiger partial charge is 0.0360 e. The largest absolute Gasteiger partial charge is 0.0651 e. The van der Waals surface area contributed by atoms with E-state index in [1.807, 2.05) is 0 Å². The summed E-state index contributed by atoms with van der Waals surface area (Å²) < 4.78 is 0. The molecule has 3 atom stereocenters. The summed E-state index contributed by atoms with van der Waals surface area (Å²) in [5.74, 6) is 3.62. The van der Waals surface area contributed by atoms with Crippen molar-refractivity contribution in [2.75, 3.05) is 0 Å². The summed E-state index contributed by atoms with van der Waals surface area (Å²) in [5.41, 5.74) is 0. The lowest BCUT2D eigenvalue weighted by Crippen LogP contribution is -2.24. The molecule has 0 aliphatic heterocycles. The van der Waals surface area contributed by atoms with Crippen molar-refractivity contribution in [1.82, 2.24) is 0 Å². The predicted octanol–water partition coefficient (Wildman–Crippen LogP) is 4.74. The topological polar surface area (TPSA) is 0 Å². The van der Waals surface area contributed by atoms with E-state index in [0.717, 1.165) is 23.7 Å². The quantitative estimate of drug-likeness (QED) is 0.559. The van der Waals surface area contributed by atoms with Crippen LogP contribution in [-0.4, -0.2) is 0 Å². The molecule has 0 rings (SSSR count). The van der Waals surface area contributed by atoms with Crippen molar-refractivity contribution in [3.8, 4) is 0 Å². The van der Waals surface area contributed by atoms with Gasteiger partial charge in [0.15, 0.2) is 0 Å². The number of hydrogen-bond donors (Lipinski definition) is 0. The monoisotopic (exact) mass is 184 g/mol. The Balaban J connectivity index is 4.33. The summed E-state index contributed by atoms with van der Waals surface area (Å²) in [5, 5.41) is 0. The van der Waals surface area contributed by atoms with E-state index >= 15 is 0 Å². The van der Waals surface area contributed by atoms with Crippen LogP contribution in [0.5, 0.6) is 0 Å². The highest BCUT2D eigenvalue weighted by atomic mass is 14.3. The van der Waals surface area contributed by atoms with Crippen LogP contribution in [0.1, 0.15) is 60.8 Å². The van der Waals surface area contributed by atoms with Gasteiger partial charge >= 0.3 is 0 Å². The molecule has 0 heterocycles. The molecule has 80 valence electrons. The van der Waals surface area contributed by atoms with Crippen LogP contribution < -0.4 is 0 Å². The Morgan fingerprint density at radius 3 is 1.38 bits per heavy atom. The van der Waals surface area contributed by atoms with Crippen LogP contribution in [0.2, 0.25) is 0 Å². The highest BCUT2D eigenvalue weighted by Gasteiger charge is 2.25. The van der Waals surface area contributed by atoms with Crippen LogP contribution in [0.4, 0.5) is 0 Å². The van der Waals surface area contributed by atoms with E-state index in [9.17, 15) is 0 Å². The van der Waals surface area contributed by atoms with Gasteiger partial charge in [-0.15, -0.1) is 0 Å². The molecule has 0 spiro atoms. The van der Waals surface area contributed by atoms with Gasteiger partial charge in [-0.2, -0.15) is 0 Å². The van der Waals surface area contributed by atoms with Crippen molar-refractivity contribution in [2.24, 2.45) is 23.7 Å². The lowest BCUT2D eigenvalue weighted by molar-refractivity contribution is 0.171. The average molecular weight is 184 g/mol. The maximum absolute atomic E-state index is 2.42. The fourth-order valence-electron chi connectivity index (χ4n) is 2.70. The van der Waals surface area contributed by atoms with Crippen molar-refractivity contribution < 1.29 is 0 Å². The van der Waals surface area contributed by atoms with E-state index in [-0.39, 0.29) is 0 Å². The first-order valence-corrected chi connectivity index (χ1v) is 6.08. The van der Waals surface area contributed by atoms with Gasteiger partial charge in [0.25, 0.3) is 0 Å². The highest BCUT2D eigenvalue weighted by Crippen LogP contribution is 2.33. The minimum Gasteiger partial charge on any atom is -0.0651 e. The standard InChI is InChI=1S/C13H28/c1-7-11(6)13(9-3)12(8-2)10(4)5/h10-13H,7-9H2,1-6H3. The van der Waals surface area contributed by atoms with Crippen LogP contribution in [0, 0.1) is 23.7 Å². The summed E-state index contributed by atoms with van der Waals surface area (Å²) in [4.78, 5) is 0. The van der Waals surface area contributed by atoms with Gasteiger partial charge < -0.3 is 0 Å². The van der Waals surface area contributed by atoms with Gasteiger partial charge in [-0.25, -0.2) is 0 Å². The molecule has 0 heteroatoms. The van der Waals surface area contributed by atoms with E-state index in [0.29, 0.717) is 0 Å². The second kappa shape index (κ2) is 6.45. The van der Waals surface area contributed by atoms with Crippen LogP contribution in [0.3, 0.4) is 0 Å². The first-order chi connectivity index (χ1) is 6.08. The van der Waals surface area contributed by atoms with E-state index in [4.69, 9.17) is 0 Å². The first kappa shape index (κ1) is 13.0. The second-order valence-electron chi connectivity index (χ2n) is 4.77. The molecule has 0 aromatic heterocycles. The Hall–Kier alpha value is 0. The molecule has 0 saturated carbocycles. The molecule has 13 heavy (non-hydrogen) atoms. The van der Waals surface area contributed by atoms with Crippen molar-refractivity contribution in [3.63, 3.8) is 0 Å². The van der Waals surface area contributed by atoms with E-state index < -0.39 is 0 Å². The molecule has 0 aromatic rings. The van der Waals surface area contributed by atoms with Crippen molar-refractivity contribution in [1.29, 1.82) is 0 Å². The van der Waals surface area contributed by atoms with Gasteiger partial charge in [0.05, 0.1) is 0 Å². The van der Waals surface area contributed by atoms with Gasteiger partial charge in [0, 0.05) is 0 Å². The molecule has 0 bridgehead atoms. The summed E-state index contributed by atoms with van der Waals surface area (Å²) >= 11 is 0.